The summed E-state index contributed by atoms with van der Waals surface area (Å²) in [7, 11) is 0. The van der Waals surface area contributed by atoms with Crippen LogP contribution in [-0.2, 0) is 11.3 Å². The lowest BCUT2D eigenvalue weighted by molar-refractivity contribution is -0.386. The third kappa shape index (κ3) is 2.74. The van der Waals surface area contributed by atoms with Crippen molar-refractivity contribution in [1.29, 1.82) is 0 Å². The maximum Gasteiger partial charge on any atom is 0.276 e. The highest BCUT2D eigenvalue weighted by Gasteiger charge is 2.33. The molecule has 2 rings (SSSR count). The van der Waals surface area contributed by atoms with Crippen molar-refractivity contribution in [2.45, 2.75) is 19.1 Å². The van der Waals surface area contributed by atoms with E-state index in [-0.39, 0.29) is 17.9 Å². The van der Waals surface area contributed by atoms with Gasteiger partial charge in [-0.15, -0.1) is 0 Å². The standard InChI is InChI=1S/C11H13ClN2O3/c1-11(6-13-7-11)17-5-8-2-3-9(12)4-10(8)14(15)16/h2-4,13H,5-7H2,1H3. The van der Waals surface area contributed by atoms with E-state index in [9.17, 15) is 10.1 Å². The Morgan fingerprint density at radius 1 is 1.59 bits per heavy atom. The van der Waals surface area contributed by atoms with E-state index in [1.165, 1.54) is 6.07 Å². The molecule has 1 aliphatic heterocycles. The zero-order valence-electron chi connectivity index (χ0n) is 9.40. The van der Waals surface area contributed by atoms with Gasteiger partial charge in [0.1, 0.15) is 0 Å². The average molecular weight is 257 g/mol. The SMILES string of the molecule is CC1(OCc2ccc(Cl)cc2[N+](=O)[O-])CNC1. The molecule has 0 atom stereocenters. The number of nitrogens with zero attached hydrogens (tertiary/aromatic N) is 1. The second-order valence-corrected chi connectivity index (χ2v) is 4.81. The second-order valence-electron chi connectivity index (χ2n) is 4.37. The molecule has 0 amide bonds. The Balaban J connectivity index is 2.12. The third-order valence-electron chi connectivity index (χ3n) is 2.82. The monoisotopic (exact) mass is 256 g/mol. The van der Waals surface area contributed by atoms with E-state index in [1.807, 2.05) is 6.92 Å². The number of nitrogens with one attached hydrogen (secondary N) is 1. The minimum absolute atomic E-state index is 0.00776. The van der Waals surface area contributed by atoms with Gasteiger partial charge in [-0.25, -0.2) is 0 Å². The second kappa shape index (κ2) is 4.60. The molecule has 6 heteroatoms. The van der Waals surface area contributed by atoms with Gasteiger partial charge in [0, 0.05) is 24.2 Å². The number of nitro groups is 1. The van der Waals surface area contributed by atoms with Crippen LogP contribution in [0.25, 0.3) is 0 Å². The molecule has 5 nitrogen and oxygen atoms in total. The molecule has 0 unspecified atom stereocenters. The van der Waals surface area contributed by atoms with E-state index in [1.54, 1.807) is 12.1 Å². The lowest BCUT2D eigenvalue weighted by Gasteiger charge is -2.39. The topological polar surface area (TPSA) is 64.4 Å². The van der Waals surface area contributed by atoms with Crippen molar-refractivity contribution in [3.8, 4) is 0 Å². The fourth-order valence-corrected chi connectivity index (χ4v) is 1.83. The van der Waals surface area contributed by atoms with Gasteiger partial charge in [0.05, 0.1) is 22.7 Å². The zero-order chi connectivity index (χ0) is 12.5. The van der Waals surface area contributed by atoms with Crippen LogP contribution in [0.4, 0.5) is 5.69 Å². The Kier molecular flexibility index (Phi) is 3.33. The smallest absolute Gasteiger partial charge is 0.276 e. The quantitative estimate of drug-likeness (QED) is 0.662. The van der Waals surface area contributed by atoms with Crippen LogP contribution in [0.3, 0.4) is 0 Å². The van der Waals surface area contributed by atoms with Crippen LogP contribution in [0.15, 0.2) is 18.2 Å². The highest BCUT2D eigenvalue weighted by molar-refractivity contribution is 6.30. The van der Waals surface area contributed by atoms with Crippen LogP contribution in [0, 0.1) is 10.1 Å². The number of benzene rings is 1. The Hall–Kier alpha value is -1.17. The van der Waals surface area contributed by atoms with Crippen LogP contribution < -0.4 is 5.32 Å². The molecule has 17 heavy (non-hydrogen) atoms. The molecule has 92 valence electrons. The molecule has 1 aromatic rings. The molecular formula is C11H13ClN2O3. The predicted molar refractivity (Wildman–Crippen MR) is 64.2 cm³/mol. The van der Waals surface area contributed by atoms with Crippen molar-refractivity contribution in [3.05, 3.63) is 38.9 Å². The molecule has 0 bridgehead atoms. The predicted octanol–water partition coefficient (Wildman–Crippen LogP) is 2.13. The van der Waals surface area contributed by atoms with Gasteiger partial charge in [0.25, 0.3) is 5.69 Å². The van der Waals surface area contributed by atoms with E-state index >= 15 is 0 Å². The molecule has 0 aromatic heterocycles. The van der Waals surface area contributed by atoms with Crippen LogP contribution >= 0.6 is 11.6 Å². The largest absolute Gasteiger partial charge is 0.368 e. The number of halogens is 1. The summed E-state index contributed by atoms with van der Waals surface area (Å²) in [6.45, 7) is 3.75. The van der Waals surface area contributed by atoms with Crippen LogP contribution in [-0.4, -0.2) is 23.6 Å². The summed E-state index contributed by atoms with van der Waals surface area (Å²) in [6, 6.07) is 4.62. The molecular weight excluding hydrogens is 244 g/mol. The number of hydrogen-bond acceptors (Lipinski definition) is 4. The lowest BCUT2D eigenvalue weighted by atomic mass is 10.00. The van der Waals surface area contributed by atoms with Crippen LogP contribution in [0.1, 0.15) is 12.5 Å². The Bertz CT molecular complexity index is 446. The highest BCUT2D eigenvalue weighted by atomic mass is 35.5. The number of ether oxygens (including phenoxy) is 1. The lowest BCUT2D eigenvalue weighted by Crippen LogP contribution is -2.58. The molecule has 1 fully saturated rings. The first-order chi connectivity index (χ1) is 8.00. The number of nitro benzene ring substituents is 1. The fraction of sp³-hybridized carbons (Fsp3) is 0.455. The summed E-state index contributed by atoms with van der Waals surface area (Å²) < 4.78 is 5.67. The van der Waals surface area contributed by atoms with Crippen molar-refractivity contribution >= 4 is 17.3 Å². The van der Waals surface area contributed by atoms with Crippen LogP contribution in [0.2, 0.25) is 5.02 Å². The summed E-state index contributed by atoms with van der Waals surface area (Å²) in [5.74, 6) is 0. The summed E-state index contributed by atoms with van der Waals surface area (Å²) in [4.78, 5) is 10.4. The third-order valence-corrected chi connectivity index (χ3v) is 3.05. The molecule has 1 saturated heterocycles. The van der Waals surface area contributed by atoms with E-state index < -0.39 is 4.92 Å². The molecule has 0 aliphatic carbocycles. The molecule has 1 aromatic carbocycles. The van der Waals surface area contributed by atoms with Gasteiger partial charge in [-0.2, -0.15) is 0 Å². The summed E-state index contributed by atoms with van der Waals surface area (Å²) in [5.41, 5.74) is 0.342. The van der Waals surface area contributed by atoms with Gasteiger partial charge in [-0.1, -0.05) is 11.6 Å². The van der Waals surface area contributed by atoms with E-state index in [0.29, 0.717) is 10.6 Å². The Labute approximate surface area is 104 Å². The summed E-state index contributed by atoms with van der Waals surface area (Å²) >= 11 is 5.73. The van der Waals surface area contributed by atoms with Crippen molar-refractivity contribution in [3.63, 3.8) is 0 Å². The average Bonchev–Trinajstić information content (AvgIpc) is 2.24. The summed E-state index contributed by atoms with van der Waals surface area (Å²) in [6.07, 6.45) is 0. The van der Waals surface area contributed by atoms with Gasteiger partial charge in [0.15, 0.2) is 0 Å². The first-order valence-corrected chi connectivity index (χ1v) is 5.65. The number of hydrogen-bond donors (Lipinski definition) is 1. The van der Waals surface area contributed by atoms with E-state index in [4.69, 9.17) is 16.3 Å². The molecule has 0 radical (unpaired) electrons. The maximum atomic E-state index is 10.9. The van der Waals surface area contributed by atoms with Gasteiger partial charge >= 0.3 is 0 Å². The van der Waals surface area contributed by atoms with Gasteiger partial charge < -0.3 is 10.1 Å². The Morgan fingerprint density at radius 2 is 2.29 bits per heavy atom. The van der Waals surface area contributed by atoms with Crippen molar-refractivity contribution < 1.29 is 9.66 Å². The normalized spacial score (nSPS) is 17.5. The minimum Gasteiger partial charge on any atom is -0.368 e. The Morgan fingerprint density at radius 3 is 2.82 bits per heavy atom. The fourth-order valence-electron chi connectivity index (χ4n) is 1.66. The molecule has 0 spiro atoms. The minimum atomic E-state index is -0.439. The van der Waals surface area contributed by atoms with Crippen LogP contribution in [0.5, 0.6) is 0 Å². The first kappa shape index (κ1) is 12.3. The first-order valence-electron chi connectivity index (χ1n) is 5.28. The number of rotatable bonds is 4. The van der Waals surface area contributed by atoms with Gasteiger partial charge in [-0.05, 0) is 19.1 Å². The molecule has 1 aliphatic rings. The van der Waals surface area contributed by atoms with Gasteiger partial charge in [0.2, 0.25) is 0 Å². The van der Waals surface area contributed by atoms with E-state index in [0.717, 1.165) is 13.1 Å². The maximum absolute atomic E-state index is 10.9. The van der Waals surface area contributed by atoms with Crippen molar-refractivity contribution in [2.75, 3.05) is 13.1 Å². The van der Waals surface area contributed by atoms with Gasteiger partial charge in [-0.3, -0.25) is 10.1 Å². The molecule has 1 N–H and O–H groups in total. The van der Waals surface area contributed by atoms with Crippen molar-refractivity contribution in [2.24, 2.45) is 0 Å². The summed E-state index contributed by atoms with van der Waals surface area (Å²) in [5, 5.41) is 14.3. The van der Waals surface area contributed by atoms with E-state index in [2.05, 4.69) is 5.32 Å². The molecule has 1 heterocycles. The molecule has 0 saturated carbocycles. The van der Waals surface area contributed by atoms with Crippen molar-refractivity contribution in [1.82, 2.24) is 5.32 Å². The zero-order valence-corrected chi connectivity index (χ0v) is 10.2. The highest BCUT2D eigenvalue weighted by Crippen LogP contribution is 2.26.